The number of nitrogens with two attached hydrogens (primary N) is 1. The summed E-state index contributed by atoms with van der Waals surface area (Å²) in [7, 11) is 0. The monoisotopic (exact) mass is 222 g/mol. The normalized spacial score (nSPS) is 12.7. The van der Waals surface area contributed by atoms with E-state index in [9.17, 15) is 0 Å². The zero-order valence-corrected chi connectivity index (χ0v) is 9.03. The fourth-order valence-corrected chi connectivity index (χ4v) is 1.44. The Morgan fingerprint density at radius 2 is 2.27 bits per heavy atom. The van der Waals surface area contributed by atoms with Crippen molar-refractivity contribution in [2.75, 3.05) is 0 Å². The van der Waals surface area contributed by atoms with Crippen LogP contribution in [-0.2, 0) is 0 Å². The van der Waals surface area contributed by atoms with E-state index in [1.807, 2.05) is 19.1 Å². The van der Waals surface area contributed by atoms with Gasteiger partial charge in [0, 0.05) is 16.6 Å². The molecule has 1 aromatic carbocycles. The summed E-state index contributed by atoms with van der Waals surface area (Å²) in [5.74, 6) is 0.546. The lowest BCUT2D eigenvalue weighted by molar-refractivity contribution is 0.570. The highest BCUT2D eigenvalue weighted by atomic mass is 35.5. The molecule has 3 nitrogen and oxygen atoms in total. The summed E-state index contributed by atoms with van der Waals surface area (Å²) >= 11 is 5.87. The van der Waals surface area contributed by atoms with E-state index in [-0.39, 0.29) is 6.04 Å². The van der Waals surface area contributed by atoms with E-state index in [2.05, 4.69) is 4.98 Å². The molecule has 1 atom stereocenters. The van der Waals surface area contributed by atoms with Crippen molar-refractivity contribution < 1.29 is 4.42 Å². The first-order valence-corrected chi connectivity index (χ1v) is 5.01. The molecule has 2 N–H and O–H groups in total. The number of hydrogen-bond acceptors (Lipinski definition) is 3. The minimum atomic E-state index is -0.123. The second-order valence-electron chi connectivity index (χ2n) is 3.38. The summed E-state index contributed by atoms with van der Waals surface area (Å²) in [4.78, 5) is 4.27. The van der Waals surface area contributed by atoms with Crippen LogP contribution in [-0.4, -0.2) is 4.98 Å². The van der Waals surface area contributed by atoms with Crippen LogP contribution in [0, 0.1) is 0 Å². The van der Waals surface area contributed by atoms with E-state index in [1.54, 1.807) is 18.4 Å². The number of halogens is 1. The Hall–Kier alpha value is -1.32. The third-order valence-corrected chi connectivity index (χ3v) is 2.30. The van der Waals surface area contributed by atoms with Gasteiger partial charge in [-0.15, -0.1) is 0 Å². The van der Waals surface area contributed by atoms with Gasteiger partial charge >= 0.3 is 0 Å². The summed E-state index contributed by atoms with van der Waals surface area (Å²) < 4.78 is 5.32. The topological polar surface area (TPSA) is 52.0 Å². The molecule has 0 saturated heterocycles. The number of aromatic nitrogens is 1. The molecule has 2 rings (SSSR count). The second kappa shape index (κ2) is 4.04. The van der Waals surface area contributed by atoms with Gasteiger partial charge in [-0.3, -0.25) is 0 Å². The Bertz CT molecular complexity index is 465. The summed E-state index contributed by atoms with van der Waals surface area (Å²) in [6.45, 7) is 1.86. The van der Waals surface area contributed by atoms with Gasteiger partial charge in [0.25, 0.3) is 0 Å². The lowest BCUT2D eigenvalue weighted by Gasteiger charge is -1.97. The van der Waals surface area contributed by atoms with Crippen molar-refractivity contribution >= 4 is 11.6 Å². The van der Waals surface area contributed by atoms with Crippen LogP contribution in [0.1, 0.15) is 18.7 Å². The molecular weight excluding hydrogens is 212 g/mol. The smallest absolute Gasteiger partial charge is 0.226 e. The summed E-state index contributed by atoms with van der Waals surface area (Å²) in [6, 6.07) is 7.23. The number of benzene rings is 1. The molecule has 0 spiro atoms. The van der Waals surface area contributed by atoms with Crippen LogP contribution in [0.5, 0.6) is 0 Å². The van der Waals surface area contributed by atoms with E-state index in [4.69, 9.17) is 21.8 Å². The Balaban J connectivity index is 2.37. The summed E-state index contributed by atoms with van der Waals surface area (Å²) in [5, 5.41) is 0.660. The van der Waals surface area contributed by atoms with Crippen molar-refractivity contribution in [3.8, 4) is 11.5 Å². The van der Waals surface area contributed by atoms with Gasteiger partial charge in [0.15, 0.2) is 0 Å². The van der Waals surface area contributed by atoms with Gasteiger partial charge in [0.1, 0.15) is 6.26 Å². The third-order valence-electron chi connectivity index (χ3n) is 2.06. The van der Waals surface area contributed by atoms with Crippen molar-refractivity contribution in [2.45, 2.75) is 13.0 Å². The van der Waals surface area contributed by atoms with Gasteiger partial charge in [0.2, 0.25) is 5.89 Å². The Morgan fingerprint density at radius 1 is 1.47 bits per heavy atom. The molecule has 78 valence electrons. The maximum Gasteiger partial charge on any atom is 0.226 e. The largest absolute Gasteiger partial charge is 0.444 e. The van der Waals surface area contributed by atoms with Crippen LogP contribution in [0.25, 0.3) is 11.5 Å². The quantitative estimate of drug-likeness (QED) is 0.850. The Kier molecular flexibility index (Phi) is 2.75. The van der Waals surface area contributed by atoms with Gasteiger partial charge in [-0.25, -0.2) is 4.98 Å². The lowest BCUT2D eigenvalue weighted by Crippen LogP contribution is -2.04. The highest BCUT2D eigenvalue weighted by Gasteiger charge is 2.09. The molecule has 0 aliphatic rings. The van der Waals surface area contributed by atoms with Gasteiger partial charge in [-0.1, -0.05) is 17.7 Å². The predicted molar refractivity (Wildman–Crippen MR) is 59.6 cm³/mol. The first-order chi connectivity index (χ1) is 7.16. The molecule has 0 aliphatic carbocycles. The van der Waals surface area contributed by atoms with Crippen molar-refractivity contribution in [1.82, 2.24) is 4.98 Å². The fourth-order valence-electron chi connectivity index (χ4n) is 1.25. The maximum atomic E-state index is 5.87. The zero-order chi connectivity index (χ0) is 10.8. The molecule has 0 aliphatic heterocycles. The van der Waals surface area contributed by atoms with E-state index < -0.39 is 0 Å². The van der Waals surface area contributed by atoms with E-state index in [1.165, 1.54) is 0 Å². The molecule has 0 bridgehead atoms. The van der Waals surface area contributed by atoms with E-state index in [0.29, 0.717) is 10.9 Å². The van der Waals surface area contributed by atoms with Crippen LogP contribution < -0.4 is 5.73 Å². The van der Waals surface area contributed by atoms with Crippen molar-refractivity contribution in [3.63, 3.8) is 0 Å². The number of oxazole rings is 1. The fraction of sp³-hybridized carbons (Fsp3) is 0.182. The second-order valence-corrected chi connectivity index (χ2v) is 3.81. The number of rotatable bonds is 2. The first kappa shape index (κ1) is 10.2. The molecule has 0 amide bonds. The van der Waals surface area contributed by atoms with Crippen LogP contribution in [0.3, 0.4) is 0 Å². The Labute approximate surface area is 92.9 Å². The standard InChI is InChI=1S/C11H11ClN2O/c1-7(13)10-6-15-11(14-10)8-3-2-4-9(12)5-8/h2-7H,13H2,1H3. The average Bonchev–Trinajstić information content (AvgIpc) is 2.66. The summed E-state index contributed by atoms with van der Waals surface area (Å²) in [6.07, 6.45) is 1.57. The molecule has 0 radical (unpaired) electrons. The number of nitrogens with zero attached hydrogens (tertiary/aromatic N) is 1. The number of hydrogen-bond donors (Lipinski definition) is 1. The van der Waals surface area contributed by atoms with Crippen LogP contribution in [0.15, 0.2) is 34.9 Å². The van der Waals surface area contributed by atoms with Crippen LogP contribution in [0.2, 0.25) is 5.02 Å². The molecule has 0 fully saturated rings. The molecule has 1 heterocycles. The van der Waals surface area contributed by atoms with Gasteiger partial charge in [0.05, 0.1) is 5.69 Å². The highest BCUT2D eigenvalue weighted by Crippen LogP contribution is 2.23. The Morgan fingerprint density at radius 3 is 2.87 bits per heavy atom. The molecule has 1 aromatic heterocycles. The zero-order valence-electron chi connectivity index (χ0n) is 8.27. The van der Waals surface area contributed by atoms with Gasteiger partial charge < -0.3 is 10.2 Å². The molecule has 1 unspecified atom stereocenters. The van der Waals surface area contributed by atoms with Crippen LogP contribution in [0.4, 0.5) is 0 Å². The lowest BCUT2D eigenvalue weighted by atomic mass is 10.2. The van der Waals surface area contributed by atoms with E-state index in [0.717, 1.165) is 11.3 Å². The van der Waals surface area contributed by atoms with Crippen molar-refractivity contribution in [1.29, 1.82) is 0 Å². The van der Waals surface area contributed by atoms with Crippen molar-refractivity contribution in [2.24, 2.45) is 5.73 Å². The molecule has 4 heteroatoms. The van der Waals surface area contributed by atoms with Gasteiger partial charge in [-0.2, -0.15) is 0 Å². The minimum absolute atomic E-state index is 0.123. The minimum Gasteiger partial charge on any atom is -0.444 e. The van der Waals surface area contributed by atoms with Crippen molar-refractivity contribution in [3.05, 3.63) is 41.2 Å². The molecular formula is C11H11ClN2O. The molecule has 0 saturated carbocycles. The third kappa shape index (κ3) is 2.19. The predicted octanol–water partition coefficient (Wildman–Crippen LogP) is 3.01. The first-order valence-electron chi connectivity index (χ1n) is 4.64. The van der Waals surface area contributed by atoms with Crippen LogP contribution >= 0.6 is 11.6 Å². The van der Waals surface area contributed by atoms with Gasteiger partial charge in [-0.05, 0) is 25.1 Å². The molecule has 15 heavy (non-hydrogen) atoms. The average molecular weight is 223 g/mol. The molecule has 2 aromatic rings. The highest BCUT2D eigenvalue weighted by molar-refractivity contribution is 6.30. The SMILES string of the molecule is CC(N)c1coc(-c2cccc(Cl)c2)n1. The maximum absolute atomic E-state index is 5.87. The van der Waals surface area contributed by atoms with E-state index >= 15 is 0 Å². The summed E-state index contributed by atoms with van der Waals surface area (Å²) in [5.41, 5.74) is 7.28.